The molecule has 1 unspecified atom stereocenters. The number of methoxy groups -OCH3 is 1. The van der Waals surface area contributed by atoms with Crippen molar-refractivity contribution in [3.8, 4) is 5.75 Å². The van der Waals surface area contributed by atoms with Crippen LogP contribution in [0.4, 0.5) is 5.13 Å². The summed E-state index contributed by atoms with van der Waals surface area (Å²) in [5, 5.41) is 3.29. The first-order valence-electron chi connectivity index (χ1n) is 9.34. The SMILES string of the molecule is COc1ccc(S(=O)(=O)N2CCCC2C(=O)Nc2nc3ccc(SC)cc3s2)cc1. The number of ether oxygens (including phenoxy) is 1. The van der Waals surface area contributed by atoms with Crippen LogP contribution in [0.25, 0.3) is 10.2 Å². The molecule has 1 fully saturated rings. The highest BCUT2D eigenvalue weighted by molar-refractivity contribution is 7.98. The summed E-state index contributed by atoms with van der Waals surface area (Å²) < 4.78 is 33.6. The minimum atomic E-state index is -3.79. The highest BCUT2D eigenvalue weighted by Crippen LogP contribution is 2.31. The number of anilines is 1. The van der Waals surface area contributed by atoms with Gasteiger partial charge in [-0.25, -0.2) is 13.4 Å². The van der Waals surface area contributed by atoms with Crippen LogP contribution in [0.1, 0.15) is 12.8 Å². The van der Waals surface area contributed by atoms with Crippen molar-refractivity contribution < 1.29 is 17.9 Å². The summed E-state index contributed by atoms with van der Waals surface area (Å²) in [7, 11) is -2.26. The van der Waals surface area contributed by atoms with Gasteiger partial charge in [-0.3, -0.25) is 4.79 Å². The topological polar surface area (TPSA) is 88.6 Å². The minimum absolute atomic E-state index is 0.146. The maximum atomic E-state index is 13.1. The molecule has 7 nitrogen and oxygen atoms in total. The number of hydrogen-bond acceptors (Lipinski definition) is 7. The van der Waals surface area contributed by atoms with Gasteiger partial charge in [0.15, 0.2) is 5.13 Å². The number of carbonyl (C=O) groups is 1. The molecule has 3 aromatic rings. The maximum absolute atomic E-state index is 13.1. The average molecular weight is 464 g/mol. The number of thiazole rings is 1. The van der Waals surface area contributed by atoms with Gasteiger partial charge in [-0.1, -0.05) is 11.3 Å². The van der Waals surface area contributed by atoms with E-state index in [1.807, 2.05) is 24.5 Å². The van der Waals surface area contributed by atoms with Crippen LogP contribution >= 0.6 is 23.1 Å². The molecule has 0 radical (unpaired) electrons. The van der Waals surface area contributed by atoms with Gasteiger partial charge in [-0.15, -0.1) is 11.8 Å². The molecule has 1 N–H and O–H groups in total. The Morgan fingerprint density at radius 3 is 2.73 bits per heavy atom. The Bertz CT molecular complexity index is 1180. The Hall–Kier alpha value is -2.14. The summed E-state index contributed by atoms with van der Waals surface area (Å²) in [5.41, 5.74) is 0.808. The van der Waals surface area contributed by atoms with Gasteiger partial charge in [0.25, 0.3) is 0 Å². The molecule has 1 aliphatic rings. The molecule has 4 rings (SSSR count). The van der Waals surface area contributed by atoms with Crippen molar-refractivity contribution in [2.75, 3.05) is 25.2 Å². The molecule has 10 heteroatoms. The summed E-state index contributed by atoms with van der Waals surface area (Å²) in [6.45, 7) is 0.309. The van der Waals surface area contributed by atoms with Crippen LogP contribution in [0.5, 0.6) is 5.75 Å². The van der Waals surface area contributed by atoms with E-state index in [0.29, 0.717) is 30.3 Å². The molecule has 1 saturated heterocycles. The van der Waals surface area contributed by atoms with Gasteiger partial charge in [0.05, 0.1) is 22.2 Å². The van der Waals surface area contributed by atoms with E-state index in [0.717, 1.165) is 15.1 Å². The molecule has 1 atom stereocenters. The summed E-state index contributed by atoms with van der Waals surface area (Å²) in [6, 6.07) is 11.4. The number of carbonyl (C=O) groups excluding carboxylic acids is 1. The van der Waals surface area contributed by atoms with Crippen molar-refractivity contribution in [1.29, 1.82) is 0 Å². The molecule has 0 saturated carbocycles. The van der Waals surface area contributed by atoms with Gasteiger partial charge in [-0.05, 0) is 61.6 Å². The minimum Gasteiger partial charge on any atom is -0.497 e. The lowest BCUT2D eigenvalue weighted by Crippen LogP contribution is -2.43. The van der Waals surface area contributed by atoms with E-state index in [4.69, 9.17) is 4.74 Å². The van der Waals surface area contributed by atoms with Gasteiger partial charge in [-0.2, -0.15) is 4.31 Å². The first kappa shape index (κ1) is 21.1. The molecule has 0 spiro atoms. The molecule has 1 aromatic heterocycles. The summed E-state index contributed by atoms with van der Waals surface area (Å²) in [5.74, 6) is 0.221. The Morgan fingerprint density at radius 1 is 1.27 bits per heavy atom. The fourth-order valence-corrected chi connectivity index (χ4v) is 6.53. The Labute approximate surface area is 183 Å². The number of nitrogens with zero attached hydrogens (tertiary/aromatic N) is 2. The highest BCUT2D eigenvalue weighted by Gasteiger charge is 2.39. The zero-order valence-electron chi connectivity index (χ0n) is 16.5. The lowest BCUT2D eigenvalue weighted by atomic mass is 10.2. The molecule has 1 amide bonds. The third-order valence-electron chi connectivity index (χ3n) is 5.00. The quantitative estimate of drug-likeness (QED) is 0.559. The van der Waals surface area contributed by atoms with Crippen LogP contribution in [0.15, 0.2) is 52.3 Å². The second-order valence-corrected chi connectivity index (χ2v) is 10.6. The van der Waals surface area contributed by atoms with E-state index in [1.165, 1.54) is 34.9 Å². The Kier molecular flexibility index (Phi) is 6.01. The fraction of sp³-hybridized carbons (Fsp3) is 0.300. The van der Waals surface area contributed by atoms with Crippen molar-refractivity contribution in [1.82, 2.24) is 9.29 Å². The first-order chi connectivity index (χ1) is 14.4. The van der Waals surface area contributed by atoms with E-state index >= 15 is 0 Å². The normalized spacial score (nSPS) is 17.3. The lowest BCUT2D eigenvalue weighted by molar-refractivity contribution is -0.119. The van der Waals surface area contributed by atoms with E-state index < -0.39 is 16.1 Å². The number of nitrogens with one attached hydrogen (secondary N) is 1. The Balaban J connectivity index is 1.54. The third kappa shape index (κ3) is 4.04. The van der Waals surface area contributed by atoms with E-state index in [1.54, 1.807) is 23.9 Å². The summed E-state index contributed by atoms with van der Waals surface area (Å²) in [4.78, 5) is 18.7. The van der Waals surface area contributed by atoms with Crippen LogP contribution in [-0.2, 0) is 14.8 Å². The van der Waals surface area contributed by atoms with Crippen LogP contribution in [0.2, 0.25) is 0 Å². The molecular weight excluding hydrogens is 442 g/mol. The Morgan fingerprint density at radius 2 is 2.03 bits per heavy atom. The van der Waals surface area contributed by atoms with E-state index in [9.17, 15) is 13.2 Å². The van der Waals surface area contributed by atoms with Crippen molar-refractivity contribution in [3.05, 3.63) is 42.5 Å². The van der Waals surface area contributed by atoms with Crippen molar-refractivity contribution >= 4 is 54.4 Å². The standard InChI is InChI=1S/C20H21N3O4S3/c1-27-13-5-8-15(9-6-13)30(25,26)23-11-3-4-17(23)19(24)22-20-21-16-10-7-14(28-2)12-18(16)29-20/h5-10,12,17H,3-4,11H2,1-2H3,(H,21,22,24). The van der Waals surface area contributed by atoms with Crippen LogP contribution < -0.4 is 10.1 Å². The predicted octanol–water partition coefficient (Wildman–Crippen LogP) is 3.82. The van der Waals surface area contributed by atoms with Gasteiger partial charge in [0, 0.05) is 11.4 Å². The molecule has 0 aliphatic carbocycles. The van der Waals surface area contributed by atoms with Gasteiger partial charge >= 0.3 is 0 Å². The lowest BCUT2D eigenvalue weighted by Gasteiger charge is -2.23. The van der Waals surface area contributed by atoms with E-state index in [-0.39, 0.29) is 10.8 Å². The second kappa shape index (κ2) is 8.54. The van der Waals surface area contributed by atoms with Crippen LogP contribution in [-0.4, -0.2) is 49.6 Å². The maximum Gasteiger partial charge on any atom is 0.244 e. The second-order valence-electron chi connectivity index (χ2n) is 6.79. The number of amides is 1. The van der Waals surface area contributed by atoms with Gasteiger partial charge in [0.2, 0.25) is 15.9 Å². The predicted molar refractivity (Wildman–Crippen MR) is 120 cm³/mol. The highest BCUT2D eigenvalue weighted by atomic mass is 32.2. The van der Waals surface area contributed by atoms with Gasteiger partial charge in [0.1, 0.15) is 11.8 Å². The number of aromatic nitrogens is 1. The zero-order chi connectivity index (χ0) is 21.3. The molecule has 2 aromatic carbocycles. The largest absolute Gasteiger partial charge is 0.497 e. The van der Waals surface area contributed by atoms with E-state index in [2.05, 4.69) is 10.3 Å². The molecule has 158 valence electrons. The molecule has 2 heterocycles. The number of rotatable bonds is 6. The monoisotopic (exact) mass is 463 g/mol. The molecule has 0 bridgehead atoms. The smallest absolute Gasteiger partial charge is 0.244 e. The molecular formula is C20H21N3O4S3. The summed E-state index contributed by atoms with van der Waals surface area (Å²) >= 11 is 3.03. The first-order valence-corrected chi connectivity index (χ1v) is 12.8. The van der Waals surface area contributed by atoms with Gasteiger partial charge < -0.3 is 10.1 Å². The number of fused-ring (bicyclic) bond motifs is 1. The van der Waals surface area contributed by atoms with Crippen molar-refractivity contribution in [2.45, 2.75) is 28.7 Å². The molecule has 1 aliphatic heterocycles. The van der Waals surface area contributed by atoms with Crippen LogP contribution in [0.3, 0.4) is 0 Å². The molecule has 30 heavy (non-hydrogen) atoms. The van der Waals surface area contributed by atoms with Crippen LogP contribution in [0, 0.1) is 0 Å². The summed E-state index contributed by atoms with van der Waals surface area (Å²) in [6.07, 6.45) is 3.11. The zero-order valence-corrected chi connectivity index (χ0v) is 18.9. The fourth-order valence-electron chi connectivity index (χ4n) is 3.45. The van der Waals surface area contributed by atoms with Crippen molar-refractivity contribution in [2.24, 2.45) is 0 Å². The average Bonchev–Trinajstić information content (AvgIpc) is 3.40. The van der Waals surface area contributed by atoms with Crippen molar-refractivity contribution in [3.63, 3.8) is 0 Å². The number of thioether (sulfide) groups is 1. The number of hydrogen-bond donors (Lipinski definition) is 1. The third-order valence-corrected chi connectivity index (χ3v) is 8.58. The number of benzene rings is 2. The number of sulfonamides is 1.